The fourth-order valence-electron chi connectivity index (χ4n) is 5.69. The minimum Gasteiger partial charge on any atom is -0.462 e. The Bertz CT molecular complexity index is 781. The fourth-order valence-corrected chi connectivity index (χ4v) is 5.69. The van der Waals surface area contributed by atoms with Crippen LogP contribution in [0.1, 0.15) is 75.8 Å². The fraction of sp³-hybridized carbons (Fsp3) is 0.667. The second-order valence-corrected chi connectivity index (χ2v) is 10.1. The average Bonchev–Trinajstić information content (AvgIpc) is 3.35. The topological polar surface area (TPSA) is 46.6 Å². The number of cyclic esters (lactones) is 1. The van der Waals surface area contributed by atoms with E-state index in [-0.39, 0.29) is 23.4 Å². The lowest BCUT2D eigenvalue weighted by Gasteiger charge is -2.47. The van der Waals surface area contributed by atoms with Crippen molar-refractivity contribution < 1.29 is 14.3 Å². The maximum atomic E-state index is 12.9. The molecule has 150 valence electrons. The van der Waals surface area contributed by atoms with Crippen LogP contribution in [-0.4, -0.2) is 36.0 Å². The van der Waals surface area contributed by atoms with Crippen LogP contribution in [0.5, 0.6) is 0 Å². The third kappa shape index (κ3) is 2.96. The van der Waals surface area contributed by atoms with Crippen LogP contribution in [-0.2, 0) is 19.7 Å². The van der Waals surface area contributed by atoms with Gasteiger partial charge in [0.2, 0.25) is 5.91 Å². The highest BCUT2D eigenvalue weighted by molar-refractivity contribution is 5.81. The summed E-state index contributed by atoms with van der Waals surface area (Å²) in [5, 5.41) is 0. The molecule has 0 radical (unpaired) electrons. The van der Waals surface area contributed by atoms with Gasteiger partial charge in [-0.15, -0.1) is 0 Å². The molecule has 4 fully saturated rings. The normalized spacial score (nSPS) is 34.2. The molecule has 2 saturated carbocycles. The van der Waals surface area contributed by atoms with Crippen molar-refractivity contribution in [2.75, 3.05) is 13.1 Å². The number of carbonyl (C=O) groups excluding carboxylic acids is 2. The van der Waals surface area contributed by atoms with Gasteiger partial charge in [-0.25, -0.2) is 0 Å². The van der Waals surface area contributed by atoms with Crippen LogP contribution in [0.15, 0.2) is 24.3 Å². The summed E-state index contributed by atoms with van der Waals surface area (Å²) in [5.41, 5.74) is 3.28. The van der Waals surface area contributed by atoms with Gasteiger partial charge in [0.15, 0.2) is 0 Å². The number of carbonyl (C=O) groups is 2. The molecule has 2 aliphatic heterocycles. The smallest absolute Gasteiger partial charge is 0.306 e. The zero-order valence-corrected chi connectivity index (χ0v) is 17.1. The van der Waals surface area contributed by atoms with Gasteiger partial charge in [0.05, 0.1) is 6.42 Å². The second-order valence-electron chi connectivity index (χ2n) is 10.1. The maximum Gasteiger partial charge on any atom is 0.306 e. The van der Waals surface area contributed by atoms with E-state index in [0.717, 1.165) is 38.8 Å². The SMILES string of the molecule is C[C@@H]1OC(=O)CC12CC(C(=O)N1CCC(c3ccc(C4(C)CC4)cc3)CC1)C2. The van der Waals surface area contributed by atoms with Crippen LogP contribution in [0.4, 0.5) is 0 Å². The number of hydrogen-bond acceptors (Lipinski definition) is 3. The summed E-state index contributed by atoms with van der Waals surface area (Å²) in [5.74, 6) is 0.860. The highest BCUT2D eigenvalue weighted by atomic mass is 16.6. The van der Waals surface area contributed by atoms with Gasteiger partial charge in [0.1, 0.15) is 6.10 Å². The molecule has 2 aliphatic carbocycles. The van der Waals surface area contributed by atoms with Gasteiger partial charge < -0.3 is 9.64 Å². The number of likely N-dealkylation sites (tertiary alicyclic amines) is 1. The summed E-state index contributed by atoms with van der Waals surface area (Å²) in [6, 6.07) is 9.27. The zero-order chi connectivity index (χ0) is 19.5. The number of amides is 1. The molecule has 1 amide bonds. The van der Waals surface area contributed by atoms with E-state index in [1.807, 2.05) is 6.92 Å². The van der Waals surface area contributed by atoms with Gasteiger partial charge in [-0.1, -0.05) is 31.2 Å². The molecule has 1 atom stereocenters. The molecule has 4 aliphatic rings. The van der Waals surface area contributed by atoms with Crippen LogP contribution in [0.25, 0.3) is 0 Å². The molecule has 0 N–H and O–H groups in total. The van der Waals surface area contributed by atoms with Crippen molar-refractivity contribution >= 4 is 11.9 Å². The third-order valence-corrected chi connectivity index (χ3v) is 8.21. The van der Waals surface area contributed by atoms with E-state index < -0.39 is 0 Å². The van der Waals surface area contributed by atoms with E-state index in [4.69, 9.17) is 4.74 Å². The molecular formula is C24H31NO3. The van der Waals surface area contributed by atoms with Gasteiger partial charge in [0.25, 0.3) is 0 Å². The average molecular weight is 382 g/mol. The monoisotopic (exact) mass is 381 g/mol. The highest BCUT2D eigenvalue weighted by Crippen LogP contribution is 2.55. The van der Waals surface area contributed by atoms with Gasteiger partial charge in [-0.2, -0.15) is 0 Å². The van der Waals surface area contributed by atoms with Crippen molar-refractivity contribution in [2.24, 2.45) is 11.3 Å². The van der Waals surface area contributed by atoms with E-state index in [1.165, 1.54) is 24.0 Å². The molecule has 28 heavy (non-hydrogen) atoms. The molecule has 1 aromatic rings. The van der Waals surface area contributed by atoms with Crippen molar-refractivity contribution in [1.29, 1.82) is 0 Å². The Labute approximate surface area is 167 Å². The summed E-state index contributed by atoms with van der Waals surface area (Å²) in [6.45, 7) is 6.05. The summed E-state index contributed by atoms with van der Waals surface area (Å²) in [7, 11) is 0. The van der Waals surface area contributed by atoms with Crippen molar-refractivity contribution in [2.45, 2.75) is 76.2 Å². The number of esters is 1. The Hall–Kier alpha value is -1.84. The number of benzene rings is 1. The molecule has 1 aromatic carbocycles. The Kier molecular flexibility index (Phi) is 4.12. The van der Waals surface area contributed by atoms with Crippen LogP contribution in [0.3, 0.4) is 0 Å². The first-order chi connectivity index (χ1) is 13.4. The number of rotatable bonds is 3. The summed E-state index contributed by atoms with van der Waals surface area (Å²) in [4.78, 5) is 26.6. The molecule has 1 spiro atoms. The molecule has 5 rings (SSSR count). The molecule has 2 heterocycles. The van der Waals surface area contributed by atoms with E-state index >= 15 is 0 Å². The number of hydrogen-bond donors (Lipinski definition) is 0. The first kappa shape index (κ1) is 18.2. The van der Waals surface area contributed by atoms with Crippen molar-refractivity contribution in [3.63, 3.8) is 0 Å². The standard InChI is InChI=1S/C24H31NO3/c1-16-24(15-21(26)28-16)13-19(14-24)22(27)25-11-7-18(8-12-25)17-3-5-20(6-4-17)23(2)9-10-23/h3-6,16,18-19H,7-15H2,1-2H3/t16-,19?,24?/m0/s1. The third-order valence-electron chi connectivity index (χ3n) is 8.21. The molecule has 2 saturated heterocycles. The maximum absolute atomic E-state index is 12.9. The van der Waals surface area contributed by atoms with E-state index in [1.54, 1.807) is 0 Å². The first-order valence-corrected chi connectivity index (χ1v) is 11.0. The Balaban J connectivity index is 1.14. The lowest BCUT2D eigenvalue weighted by molar-refractivity contribution is -0.147. The van der Waals surface area contributed by atoms with Crippen molar-refractivity contribution in [3.05, 3.63) is 35.4 Å². The Morgan fingerprint density at radius 3 is 2.29 bits per heavy atom. The van der Waals surface area contributed by atoms with E-state index in [9.17, 15) is 9.59 Å². The van der Waals surface area contributed by atoms with Crippen molar-refractivity contribution in [3.8, 4) is 0 Å². The van der Waals surface area contributed by atoms with Gasteiger partial charge in [-0.05, 0) is 67.9 Å². The number of piperidine rings is 1. The van der Waals surface area contributed by atoms with Crippen molar-refractivity contribution in [1.82, 2.24) is 4.90 Å². The lowest BCUT2D eigenvalue weighted by atomic mass is 9.58. The van der Waals surface area contributed by atoms with Gasteiger partial charge >= 0.3 is 5.97 Å². The summed E-state index contributed by atoms with van der Waals surface area (Å²) >= 11 is 0. The Morgan fingerprint density at radius 1 is 1.11 bits per heavy atom. The van der Waals surface area contributed by atoms with E-state index in [2.05, 4.69) is 36.1 Å². The predicted octanol–water partition coefficient (Wildman–Crippen LogP) is 4.18. The largest absolute Gasteiger partial charge is 0.462 e. The lowest BCUT2D eigenvalue weighted by Crippen LogP contribution is -2.51. The summed E-state index contributed by atoms with van der Waals surface area (Å²) in [6.07, 6.45) is 6.84. The quantitative estimate of drug-likeness (QED) is 0.738. The molecule has 4 heteroatoms. The molecule has 0 aromatic heterocycles. The second kappa shape index (κ2) is 6.33. The highest BCUT2D eigenvalue weighted by Gasteiger charge is 2.57. The summed E-state index contributed by atoms with van der Waals surface area (Å²) < 4.78 is 5.32. The molecular weight excluding hydrogens is 350 g/mol. The van der Waals surface area contributed by atoms with Crippen LogP contribution in [0.2, 0.25) is 0 Å². The minimum absolute atomic E-state index is 0.0318. The number of ether oxygens (including phenoxy) is 1. The van der Waals surface area contributed by atoms with E-state index in [0.29, 0.717) is 23.7 Å². The molecule has 0 unspecified atom stereocenters. The zero-order valence-electron chi connectivity index (χ0n) is 17.1. The first-order valence-electron chi connectivity index (χ1n) is 11.0. The van der Waals surface area contributed by atoms with Crippen LogP contribution >= 0.6 is 0 Å². The Morgan fingerprint density at radius 2 is 1.75 bits per heavy atom. The predicted molar refractivity (Wildman–Crippen MR) is 107 cm³/mol. The molecule has 4 nitrogen and oxygen atoms in total. The van der Waals surface area contributed by atoms with Crippen LogP contribution < -0.4 is 0 Å². The number of nitrogens with zero attached hydrogens (tertiary/aromatic N) is 1. The van der Waals surface area contributed by atoms with Gasteiger partial charge in [0, 0.05) is 24.4 Å². The van der Waals surface area contributed by atoms with Gasteiger partial charge in [-0.3, -0.25) is 9.59 Å². The van der Waals surface area contributed by atoms with Crippen LogP contribution in [0, 0.1) is 11.3 Å². The molecule has 0 bridgehead atoms. The minimum atomic E-state index is -0.0964.